The highest BCUT2D eigenvalue weighted by atomic mass is 16.2. The molecule has 0 bridgehead atoms. The van der Waals surface area contributed by atoms with E-state index in [1.54, 1.807) is 4.90 Å². The summed E-state index contributed by atoms with van der Waals surface area (Å²) < 4.78 is 1.93. The Morgan fingerprint density at radius 3 is 2.52 bits per heavy atom. The number of carbonyl (C=O) groups is 2. The topological polar surface area (TPSA) is 67.2 Å². The number of rotatable bonds is 4. The largest absolute Gasteiger partial charge is 0.351 e. The van der Waals surface area contributed by atoms with Gasteiger partial charge >= 0.3 is 0 Å². The Balaban J connectivity index is 1.55. The van der Waals surface area contributed by atoms with Crippen molar-refractivity contribution in [3.63, 3.8) is 0 Å². The highest BCUT2D eigenvalue weighted by Crippen LogP contribution is 2.33. The molecular weight excluding hydrogens is 412 g/mol. The van der Waals surface area contributed by atoms with Crippen molar-refractivity contribution < 1.29 is 9.59 Å². The van der Waals surface area contributed by atoms with Gasteiger partial charge in [0.25, 0.3) is 5.91 Å². The minimum absolute atomic E-state index is 0.0697. The van der Waals surface area contributed by atoms with Gasteiger partial charge in [0.2, 0.25) is 5.91 Å². The number of benzene rings is 2. The van der Waals surface area contributed by atoms with E-state index in [2.05, 4.69) is 10.3 Å². The van der Waals surface area contributed by atoms with Gasteiger partial charge in [-0.25, -0.2) is 4.98 Å². The Labute approximate surface area is 195 Å². The van der Waals surface area contributed by atoms with Gasteiger partial charge in [-0.15, -0.1) is 0 Å². The Morgan fingerprint density at radius 2 is 1.76 bits per heavy atom. The quantitative estimate of drug-likeness (QED) is 0.598. The third-order valence-electron chi connectivity index (χ3n) is 7.42. The molecule has 6 heteroatoms. The van der Waals surface area contributed by atoms with Crippen molar-refractivity contribution in [1.29, 1.82) is 0 Å². The fourth-order valence-electron chi connectivity index (χ4n) is 5.30. The zero-order chi connectivity index (χ0) is 23.0. The number of hydrogen-bond acceptors (Lipinski definition) is 3. The molecule has 6 nitrogen and oxygen atoms in total. The van der Waals surface area contributed by atoms with Crippen LogP contribution in [0, 0.1) is 6.92 Å². The molecule has 0 radical (unpaired) electrons. The highest BCUT2D eigenvalue weighted by Gasteiger charge is 2.48. The van der Waals surface area contributed by atoms with Crippen LogP contribution >= 0.6 is 0 Å². The Hall–Kier alpha value is -3.15. The van der Waals surface area contributed by atoms with Crippen molar-refractivity contribution in [3.05, 3.63) is 65.5 Å². The normalized spacial score (nSPS) is 21.6. The lowest BCUT2D eigenvalue weighted by atomic mass is 9.93. The molecule has 1 fully saturated rings. The first-order chi connectivity index (χ1) is 16.0. The molecule has 1 aliphatic carbocycles. The molecule has 2 amide bonds. The first-order valence-corrected chi connectivity index (χ1v) is 12.1. The minimum atomic E-state index is -1.01. The summed E-state index contributed by atoms with van der Waals surface area (Å²) >= 11 is 0. The fourth-order valence-corrected chi connectivity index (χ4v) is 5.30. The number of carbonyl (C=O) groups excluding carboxylic acids is 2. The van der Waals surface area contributed by atoms with Crippen LogP contribution in [0.25, 0.3) is 11.0 Å². The standard InChI is InChI=1S/C27H32N4O2/c1-19-11-7-8-12-20(19)17-31-25(32)24-29-22-15-9-10-16-23(22)30(24)18-27(31,2)26(33)28-21-13-5-3-4-6-14-21/h7-12,15-16,21H,3-6,13-14,17-18H2,1-2H3,(H,28,33)/t27-/m1/s1. The van der Waals surface area contributed by atoms with Crippen LogP contribution in [0.5, 0.6) is 0 Å². The van der Waals surface area contributed by atoms with E-state index in [4.69, 9.17) is 0 Å². The summed E-state index contributed by atoms with van der Waals surface area (Å²) in [7, 11) is 0. The smallest absolute Gasteiger partial charge is 0.291 e. The minimum Gasteiger partial charge on any atom is -0.351 e. The van der Waals surface area contributed by atoms with Crippen LogP contribution < -0.4 is 5.32 Å². The average molecular weight is 445 g/mol. The number of aromatic nitrogens is 2. The van der Waals surface area contributed by atoms with Crippen LogP contribution in [0.1, 0.15) is 67.2 Å². The monoisotopic (exact) mass is 444 g/mol. The highest BCUT2D eigenvalue weighted by molar-refractivity contribution is 6.01. The Bertz CT molecular complexity index is 1190. The molecule has 33 heavy (non-hydrogen) atoms. The van der Waals surface area contributed by atoms with E-state index < -0.39 is 5.54 Å². The van der Waals surface area contributed by atoms with Gasteiger partial charge < -0.3 is 14.8 Å². The van der Waals surface area contributed by atoms with Crippen LogP contribution in [0.15, 0.2) is 48.5 Å². The van der Waals surface area contributed by atoms with Gasteiger partial charge in [-0.3, -0.25) is 9.59 Å². The zero-order valence-corrected chi connectivity index (χ0v) is 19.5. The van der Waals surface area contributed by atoms with Crippen LogP contribution in [-0.2, 0) is 17.9 Å². The molecule has 172 valence electrons. The van der Waals surface area contributed by atoms with E-state index >= 15 is 0 Å². The van der Waals surface area contributed by atoms with Crippen LogP contribution in [0.2, 0.25) is 0 Å². The third kappa shape index (κ3) is 3.92. The van der Waals surface area contributed by atoms with Crippen molar-refractivity contribution >= 4 is 22.8 Å². The molecule has 2 aromatic carbocycles. The second kappa shape index (κ2) is 8.65. The number of aryl methyl sites for hydroxylation is 1. The molecule has 2 aliphatic rings. The van der Waals surface area contributed by atoms with Crippen LogP contribution in [0.4, 0.5) is 0 Å². The predicted octanol–water partition coefficient (Wildman–Crippen LogP) is 4.60. The molecule has 2 heterocycles. The molecular formula is C27H32N4O2. The van der Waals surface area contributed by atoms with Crippen LogP contribution in [0.3, 0.4) is 0 Å². The molecule has 1 saturated carbocycles. The summed E-state index contributed by atoms with van der Waals surface area (Å²) in [4.78, 5) is 34.1. The number of fused-ring (bicyclic) bond motifs is 3. The maximum Gasteiger partial charge on any atom is 0.291 e. The fraction of sp³-hybridized carbons (Fsp3) is 0.444. The second-order valence-electron chi connectivity index (χ2n) is 9.76. The summed E-state index contributed by atoms with van der Waals surface area (Å²) in [6.45, 7) is 4.72. The number of para-hydroxylation sites is 2. The number of nitrogens with zero attached hydrogens (tertiary/aromatic N) is 3. The maximum atomic E-state index is 13.9. The summed E-state index contributed by atoms with van der Waals surface area (Å²) in [5.41, 5.74) is 2.82. The number of hydrogen-bond donors (Lipinski definition) is 1. The van der Waals surface area contributed by atoms with Gasteiger partial charge in [-0.05, 0) is 49.9 Å². The first-order valence-electron chi connectivity index (χ1n) is 12.1. The van der Waals surface area contributed by atoms with E-state index in [1.807, 2.05) is 66.9 Å². The van der Waals surface area contributed by atoms with E-state index in [1.165, 1.54) is 12.8 Å². The van der Waals surface area contributed by atoms with E-state index in [9.17, 15) is 9.59 Å². The van der Waals surface area contributed by atoms with Gasteiger partial charge in [-0.1, -0.05) is 62.1 Å². The second-order valence-corrected chi connectivity index (χ2v) is 9.76. The van der Waals surface area contributed by atoms with Crippen molar-refractivity contribution in [2.45, 2.75) is 77.0 Å². The molecule has 1 aliphatic heterocycles. The molecule has 1 atom stereocenters. The van der Waals surface area contributed by atoms with Crippen molar-refractivity contribution in [2.75, 3.05) is 0 Å². The average Bonchev–Trinajstić information content (AvgIpc) is 2.98. The van der Waals surface area contributed by atoms with Crippen molar-refractivity contribution in [2.24, 2.45) is 0 Å². The lowest BCUT2D eigenvalue weighted by Gasteiger charge is -2.44. The Morgan fingerprint density at radius 1 is 1.06 bits per heavy atom. The van der Waals surface area contributed by atoms with Crippen molar-refractivity contribution in [1.82, 2.24) is 19.8 Å². The zero-order valence-electron chi connectivity index (χ0n) is 19.5. The molecule has 0 saturated heterocycles. The van der Waals surface area contributed by atoms with Gasteiger partial charge in [0.1, 0.15) is 5.54 Å². The van der Waals surface area contributed by atoms with E-state index in [-0.39, 0.29) is 17.9 Å². The number of amides is 2. The maximum absolute atomic E-state index is 13.9. The number of imidazole rings is 1. The van der Waals surface area contributed by atoms with Gasteiger partial charge in [0.05, 0.1) is 17.6 Å². The van der Waals surface area contributed by atoms with E-state index in [0.29, 0.717) is 18.9 Å². The van der Waals surface area contributed by atoms with Crippen LogP contribution in [-0.4, -0.2) is 37.8 Å². The van der Waals surface area contributed by atoms with Gasteiger partial charge in [-0.2, -0.15) is 0 Å². The van der Waals surface area contributed by atoms with Crippen molar-refractivity contribution in [3.8, 4) is 0 Å². The summed E-state index contributed by atoms with van der Waals surface area (Å²) in [6.07, 6.45) is 6.76. The summed E-state index contributed by atoms with van der Waals surface area (Å²) in [5, 5.41) is 3.32. The lowest BCUT2D eigenvalue weighted by Crippen LogP contribution is -2.64. The summed E-state index contributed by atoms with van der Waals surface area (Å²) in [5.74, 6) is 0.142. The molecule has 3 aromatic rings. The molecule has 0 unspecified atom stereocenters. The van der Waals surface area contributed by atoms with E-state index in [0.717, 1.165) is 47.8 Å². The molecule has 1 N–H and O–H groups in total. The van der Waals surface area contributed by atoms with Gasteiger partial charge in [0, 0.05) is 12.6 Å². The predicted molar refractivity (Wildman–Crippen MR) is 129 cm³/mol. The Kier molecular flexibility index (Phi) is 5.69. The molecule has 0 spiro atoms. The first kappa shape index (κ1) is 21.7. The number of nitrogens with one attached hydrogen (secondary N) is 1. The molecule has 1 aromatic heterocycles. The summed E-state index contributed by atoms with van der Waals surface area (Å²) in [6, 6.07) is 16.0. The van der Waals surface area contributed by atoms with Gasteiger partial charge in [0.15, 0.2) is 5.82 Å². The SMILES string of the molecule is Cc1ccccc1CN1C(=O)c2nc3ccccc3n2C[C@]1(C)C(=O)NC1CCCCCC1. The third-order valence-corrected chi connectivity index (χ3v) is 7.42. The molecule has 5 rings (SSSR count). The lowest BCUT2D eigenvalue weighted by molar-refractivity contribution is -0.134.